The fourth-order valence-corrected chi connectivity index (χ4v) is 2.52. The van der Waals surface area contributed by atoms with Gasteiger partial charge in [0.2, 0.25) is 0 Å². The monoisotopic (exact) mass is 286 g/mol. The highest BCUT2D eigenvalue weighted by atomic mass is 16.4. The number of carboxylic acids is 1. The van der Waals surface area contributed by atoms with Crippen molar-refractivity contribution in [2.24, 2.45) is 5.92 Å². The Balaban J connectivity index is 2.24. The Bertz CT molecular complexity index is 325. The second kappa shape index (κ2) is 8.09. The van der Waals surface area contributed by atoms with E-state index in [1.807, 2.05) is 6.92 Å². The number of aliphatic hydroxyl groups excluding tert-OH is 1. The van der Waals surface area contributed by atoms with Crippen molar-refractivity contribution < 1.29 is 19.8 Å². The number of hydrogen-bond donors (Lipinski definition) is 3. The molecule has 1 aliphatic heterocycles. The molecule has 0 radical (unpaired) electrons. The molecule has 0 aliphatic carbocycles. The minimum absolute atomic E-state index is 0.0173. The van der Waals surface area contributed by atoms with Crippen molar-refractivity contribution >= 4 is 12.0 Å². The maximum atomic E-state index is 12.0. The van der Waals surface area contributed by atoms with Crippen LogP contribution in [-0.2, 0) is 4.79 Å². The summed E-state index contributed by atoms with van der Waals surface area (Å²) in [5.74, 6) is -0.518. The number of hydrogen-bond acceptors (Lipinski definition) is 3. The topological polar surface area (TPSA) is 89.9 Å². The number of likely N-dealkylation sites (tertiary alicyclic amines) is 1. The third kappa shape index (κ3) is 5.77. The average molecular weight is 286 g/mol. The molecule has 2 unspecified atom stereocenters. The van der Waals surface area contributed by atoms with Gasteiger partial charge >= 0.3 is 12.0 Å². The molecule has 116 valence electrons. The van der Waals surface area contributed by atoms with Crippen LogP contribution in [-0.4, -0.2) is 52.3 Å². The Kier molecular flexibility index (Phi) is 6.78. The van der Waals surface area contributed by atoms with Crippen LogP contribution in [0.1, 0.15) is 46.0 Å². The van der Waals surface area contributed by atoms with Crippen LogP contribution >= 0.6 is 0 Å². The van der Waals surface area contributed by atoms with Crippen LogP contribution in [0.2, 0.25) is 0 Å². The van der Waals surface area contributed by atoms with E-state index in [0.29, 0.717) is 25.9 Å². The molecule has 1 fully saturated rings. The van der Waals surface area contributed by atoms with E-state index in [0.717, 1.165) is 12.8 Å². The van der Waals surface area contributed by atoms with E-state index in [1.165, 1.54) is 0 Å². The molecule has 1 heterocycles. The highest BCUT2D eigenvalue weighted by Gasteiger charge is 2.25. The number of rotatable bonds is 6. The van der Waals surface area contributed by atoms with Crippen molar-refractivity contribution in [2.45, 2.75) is 58.1 Å². The van der Waals surface area contributed by atoms with Crippen molar-refractivity contribution in [2.75, 3.05) is 13.1 Å². The molecule has 6 nitrogen and oxygen atoms in total. The molecule has 1 rings (SSSR count). The molecular weight excluding hydrogens is 260 g/mol. The van der Waals surface area contributed by atoms with Gasteiger partial charge in [0.25, 0.3) is 0 Å². The SMILES string of the molecule is CC(CCCC(=O)O)NC(=O)N1CCC(C(C)O)CC1. The zero-order valence-electron chi connectivity index (χ0n) is 12.3. The van der Waals surface area contributed by atoms with E-state index in [9.17, 15) is 14.7 Å². The van der Waals surface area contributed by atoms with Crippen LogP contribution in [0.15, 0.2) is 0 Å². The lowest BCUT2D eigenvalue weighted by molar-refractivity contribution is -0.137. The fourth-order valence-electron chi connectivity index (χ4n) is 2.52. The van der Waals surface area contributed by atoms with Gasteiger partial charge in [0, 0.05) is 25.6 Å². The molecule has 3 N–H and O–H groups in total. The zero-order valence-corrected chi connectivity index (χ0v) is 12.3. The number of amides is 2. The summed E-state index contributed by atoms with van der Waals surface area (Å²) < 4.78 is 0. The van der Waals surface area contributed by atoms with E-state index >= 15 is 0 Å². The summed E-state index contributed by atoms with van der Waals surface area (Å²) in [5, 5.41) is 21.0. The molecule has 1 saturated heterocycles. The predicted octanol–water partition coefficient (Wildman–Crippen LogP) is 1.43. The first-order chi connectivity index (χ1) is 9.40. The number of carbonyl (C=O) groups excluding carboxylic acids is 1. The Labute approximate surface area is 120 Å². The molecule has 6 heteroatoms. The number of aliphatic carboxylic acids is 1. The highest BCUT2D eigenvalue weighted by molar-refractivity contribution is 5.74. The van der Waals surface area contributed by atoms with Gasteiger partial charge in [-0.25, -0.2) is 4.79 Å². The van der Waals surface area contributed by atoms with E-state index in [4.69, 9.17) is 5.11 Å². The maximum absolute atomic E-state index is 12.0. The number of carbonyl (C=O) groups is 2. The lowest BCUT2D eigenvalue weighted by Crippen LogP contribution is -2.48. The van der Waals surface area contributed by atoms with E-state index in [2.05, 4.69) is 5.32 Å². The predicted molar refractivity (Wildman–Crippen MR) is 75.5 cm³/mol. The number of nitrogens with zero attached hydrogens (tertiary/aromatic N) is 1. The summed E-state index contributed by atoms with van der Waals surface area (Å²) in [6, 6.07) is -0.104. The molecule has 2 amide bonds. The molecule has 0 bridgehead atoms. The summed E-state index contributed by atoms with van der Waals surface area (Å²) in [5.41, 5.74) is 0. The van der Waals surface area contributed by atoms with Crippen molar-refractivity contribution in [3.63, 3.8) is 0 Å². The molecule has 0 aromatic rings. The van der Waals surface area contributed by atoms with E-state index < -0.39 is 5.97 Å². The molecule has 2 atom stereocenters. The largest absolute Gasteiger partial charge is 0.481 e. The van der Waals surface area contributed by atoms with E-state index in [1.54, 1.807) is 11.8 Å². The standard InChI is InChI=1S/C14H26N2O4/c1-10(4-3-5-13(18)19)15-14(20)16-8-6-12(7-9-16)11(2)17/h10-12,17H,3-9H2,1-2H3,(H,15,20)(H,18,19). The average Bonchev–Trinajstić information content (AvgIpc) is 2.38. The van der Waals surface area contributed by atoms with Crippen LogP contribution in [0.3, 0.4) is 0 Å². The minimum Gasteiger partial charge on any atom is -0.481 e. The van der Waals surface area contributed by atoms with Crippen molar-refractivity contribution in [3.8, 4) is 0 Å². The molecule has 0 spiro atoms. The Morgan fingerprint density at radius 3 is 2.40 bits per heavy atom. The zero-order chi connectivity index (χ0) is 15.1. The van der Waals surface area contributed by atoms with Crippen LogP contribution < -0.4 is 5.32 Å². The molecule has 0 saturated carbocycles. The molecule has 0 aromatic carbocycles. The van der Waals surface area contributed by atoms with Gasteiger partial charge < -0.3 is 20.4 Å². The fraction of sp³-hybridized carbons (Fsp3) is 0.857. The maximum Gasteiger partial charge on any atom is 0.317 e. The number of piperidine rings is 1. The quantitative estimate of drug-likeness (QED) is 0.689. The smallest absolute Gasteiger partial charge is 0.317 e. The normalized spacial score (nSPS) is 19.4. The summed E-state index contributed by atoms with van der Waals surface area (Å²) in [6.45, 7) is 5.03. The number of nitrogens with one attached hydrogen (secondary N) is 1. The minimum atomic E-state index is -0.802. The first kappa shape index (κ1) is 16.8. The number of urea groups is 1. The summed E-state index contributed by atoms with van der Waals surface area (Å²) in [7, 11) is 0. The highest BCUT2D eigenvalue weighted by Crippen LogP contribution is 2.20. The van der Waals surface area contributed by atoms with Gasteiger partial charge in [0.1, 0.15) is 0 Å². The van der Waals surface area contributed by atoms with E-state index in [-0.39, 0.29) is 30.5 Å². The van der Waals surface area contributed by atoms with Crippen LogP contribution in [0.5, 0.6) is 0 Å². The van der Waals surface area contributed by atoms with Gasteiger partial charge in [-0.05, 0) is 45.4 Å². The second-order valence-electron chi connectivity index (χ2n) is 5.70. The van der Waals surface area contributed by atoms with Gasteiger partial charge in [-0.2, -0.15) is 0 Å². The summed E-state index contributed by atoms with van der Waals surface area (Å²) >= 11 is 0. The van der Waals surface area contributed by atoms with Gasteiger partial charge in [0.05, 0.1) is 6.10 Å². The van der Waals surface area contributed by atoms with Crippen LogP contribution in [0.4, 0.5) is 4.79 Å². The van der Waals surface area contributed by atoms with Gasteiger partial charge in [-0.1, -0.05) is 0 Å². The molecular formula is C14H26N2O4. The Morgan fingerprint density at radius 1 is 1.30 bits per heavy atom. The lowest BCUT2D eigenvalue weighted by atomic mass is 9.92. The van der Waals surface area contributed by atoms with Gasteiger partial charge in [-0.15, -0.1) is 0 Å². The molecule has 0 aromatic heterocycles. The van der Waals surface area contributed by atoms with Crippen molar-refractivity contribution in [1.82, 2.24) is 10.2 Å². The van der Waals surface area contributed by atoms with Crippen molar-refractivity contribution in [1.29, 1.82) is 0 Å². The Morgan fingerprint density at radius 2 is 1.90 bits per heavy atom. The summed E-state index contributed by atoms with van der Waals surface area (Å²) in [6.07, 6.45) is 2.73. The van der Waals surface area contributed by atoms with Gasteiger partial charge in [-0.3, -0.25) is 4.79 Å². The van der Waals surface area contributed by atoms with Crippen LogP contribution in [0, 0.1) is 5.92 Å². The van der Waals surface area contributed by atoms with Gasteiger partial charge in [0.15, 0.2) is 0 Å². The third-order valence-corrected chi connectivity index (χ3v) is 3.91. The second-order valence-corrected chi connectivity index (χ2v) is 5.70. The summed E-state index contributed by atoms with van der Waals surface area (Å²) in [4.78, 5) is 24.2. The molecule has 1 aliphatic rings. The Hall–Kier alpha value is -1.30. The van der Waals surface area contributed by atoms with Crippen LogP contribution in [0.25, 0.3) is 0 Å². The lowest BCUT2D eigenvalue weighted by Gasteiger charge is -2.34. The molecule has 20 heavy (non-hydrogen) atoms. The van der Waals surface area contributed by atoms with Crippen molar-refractivity contribution in [3.05, 3.63) is 0 Å². The first-order valence-electron chi connectivity index (χ1n) is 7.35. The third-order valence-electron chi connectivity index (χ3n) is 3.91. The number of carboxylic acid groups (broad SMARTS) is 1. The number of aliphatic hydroxyl groups is 1. The first-order valence-corrected chi connectivity index (χ1v) is 7.35.